The van der Waals surface area contributed by atoms with Crippen molar-refractivity contribution in [3.8, 4) is 16.9 Å². The van der Waals surface area contributed by atoms with Gasteiger partial charge in [-0.2, -0.15) is 0 Å². The Labute approximate surface area is 163 Å². The van der Waals surface area contributed by atoms with Crippen LogP contribution in [0.2, 0.25) is 10.0 Å². The van der Waals surface area contributed by atoms with Gasteiger partial charge in [0.1, 0.15) is 12.4 Å². The Morgan fingerprint density at radius 3 is 2.24 bits per heavy atom. The summed E-state index contributed by atoms with van der Waals surface area (Å²) in [5.41, 5.74) is 9.80. The van der Waals surface area contributed by atoms with Crippen LogP contribution >= 0.6 is 35.6 Å². The molecule has 3 aromatic carbocycles. The van der Waals surface area contributed by atoms with Crippen molar-refractivity contribution in [1.29, 1.82) is 0 Å². The molecule has 2 N–H and O–H groups in total. The Hall–Kier alpha value is -1.71. The van der Waals surface area contributed by atoms with Gasteiger partial charge in [-0.1, -0.05) is 71.7 Å². The minimum absolute atomic E-state index is 0. The smallest absolute Gasteiger partial charge is 0.127 e. The van der Waals surface area contributed by atoms with Gasteiger partial charge in [-0.3, -0.25) is 0 Å². The zero-order chi connectivity index (χ0) is 16.9. The maximum Gasteiger partial charge on any atom is 0.127 e. The predicted molar refractivity (Wildman–Crippen MR) is 108 cm³/mol. The van der Waals surface area contributed by atoms with Crippen LogP contribution in [-0.2, 0) is 13.2 Å². The third kappa shape index (κ3) is 4.90. The van der Waals surface area contributed by atoms with Gasteiger partial charge in [0.2, 0.25) is 0 Å². The van der Waals surface area contributed by atoms with E-state index in [4.69, 9.17) is 33.7 Å². The molecule has 0 aliphatic heterocycles. The fourth-order valence-corrected chi connectivity index (χ4v) is 2.75. The first kappa shape index (κ1) is 19.6. The molecule has 0 aliphatic carbocycles. The lowest BCUT2D eigenvalue weighted by Crippen LogP contribution is -2.00. The van der Waals surface area contributed by atoms with Crippen LogP contribution in [0.15, 0.2) is 66.7 Å². The molecule has 3 aromatic rings. The van der Waals surface area contributed by atoms with Crippen LogP contribution < -0.4 is 10.5 Å². The van der Waals surface area contributed by atoms with Gasteiger partial charge in [0, 0.05) is 12.1 Å². The molecule has 0 saturated heterocycles. The molecule has 0 heterocycles. The number of ether oxygens (including phenoxy) is 1. The van der Waals surface area contributed by atoms with Crippen LogP contribution in [-0.4, -0.2) is 0 Å². The first-order valence-electron chi connectivity index (χ1n) is 7.62. The van der Waals surface area contributed by atoms with Crippen molar-refractivity contribution in [2.75, 3.05) is 0 Å². The van der Waals surface area contributed by atoms with Gasteiger partial charge in [-0.05, 0) is 34.9 Å². The quantitative estimate of drug-likeness (QED) is 0.566. The van der Waals surface area contributed by atoms with Crippen LogP contribution in [0.25, 0.3) is 11.1 Å². The molecule has 0 bridgehead atoms. The molecule has 3 rings (SSSR count). The molecule has 0 spiro atoms. The molecule has 0 aromatic heterocycles. The van der Waals surface area contributed by atoms with Gasteiger partial charge in [-0.15, -0.1) is 12.4 Å². The topological polar surface area (TPSA) is 35.2 Å². The Morgan fingerprint density at radius 1 is 0.800 bits per heavy atom. The lowest BCUT2D eigenvalue weighted by molar-refractivity contribution is 0.307. The number of halogens is 3. The van der Waals surface area contributed by atoms with Crippen LogP contribution in [0.1, 0.15) is 11.1 Å². The zero-order valence-electron chi connectivity index (χ0n) is 13.4. The summed E-state index contributed by atoms with van der Waals surface area (Å²) in [4.78, 5) is 0. The highest BCUT2D eigenvalue weighted by Crippen LogP contribution is 2.35. The summed E-state index contributed by atoms with van der Waals surface area (Å²) in [5, 5.41) is 1.05. The highest BCUT2D eigenvalue weighted by atomic mass is 35.5. The molecule has 5 heteroatoms. The van der Waals surface area contributed by atoms with Crippen molar-refractivity contribution < 1.29 is 4.74 Å². The lowest BCUT2D eigenvalue weighted by atomic mass is 10.0. The fraction of sp³-hybridized carbons (Fsp3) is 0.100. The lowest BCUT2D eigenvalue weighted by Gasteiger charge is -2.14. The Bertz CT molecular complexity index is 838. The van der Waals surface area contributed by atoms with Crippen LogP contribution in [0.5, 0.6) is 5.75 Å². The van der Waals surface area contributed by atoms with Crippen LogP contribution in [0.3, 0.4) is 0 Å². The van der Waals surface area contributed by atoms with E-state index in [1.54, 1.807) is 6.07 Å². The summed E-state index contributed by atoms with van der Waals surface area (Å²) < 4.78 is 6.06. The van der Waals surface area contributed by atoms with E-state index in [0.717, 1.165) is 28.0 Å². The van der Waals surface area contributed by atoms with Crippen molar-refractivity contribution in [2.45, 2.75) is 13.2 Å². The zero-order valence-corrected chi connectivity index (χ0v) is 15.7. The third-order valence-corrected chi connectivity index (χ3v) is 4.49. The molecule has 0 saturated carbocycles. The van der Waals surface area contributed by atoms with E-state index in [2.05, 4.69) is 0 Å². The number of hydrogen-bond donors (Lipinski definition) is 1. The van der Waals surface area contributed by atoms with Crippen molar-refractivity contribution in [3.05, 3.63) is 87.9 Å². The molecule has 0 fully saturated rings. The normalized spacial score (nSPS) is 10.2. The highest BCUT2D eigenvalue weighted by Gasteiger charge is 2.10. The van der Waals surface area contributed by atoms with E-state index in [0.29, 0.717) is 23.2 Å². The van der Waals surface area contributed by atoms with Crippen molar-refractivity contribution in [3.63, 3.8) is 0 Å². The summed E-state index contributed by atoms with van der Waals surface area (Å²) in [7, 11) is 0. The number of nitrogens with two attached hydrogens (primary N) is 1. The second-order valence-electron chi connectivity index (χ2n) is 5.44. The highest BCUT2D eigenvalue weighted by molar-refractivity contribution is 6.42. The first-order chi connectivity index (χ1) is 11.7. The van der Waals surface area contributed by atoms with Crippen molar-refractivity contribution in [1.82, 2.24) is 0 Å². The molecule has 0 radical (unpaired) electrons. The van der Waals surface area contributed by atoms with E-state index in [9.17, 15) is 0 Å². The van der Waals surface area contributed by atoms with Crippen molar-refractivity contribution in [2.24, 2.45) is 5.73 Å². The second-order valence-corrected chi connectivity index (χ2v) is 6.25. The summed E-state index contributed by atoms with van der Waals surface area (Å²) in [6, 6.07) is 21.6. The molecular formula is C20H18Cl3NO. The average molecular weight is 395 g/mol. The maximum atomic E-state index is 6.15. The minimum Gasteiger partial charge on any atom is -0.488 e. The van der Waals surface area contributed by atoms with Crippen LogP contribution in [0, 0.1) is 0 Å². The van der Waals surface area contributed by atoms with Gasteiger partial charge in [0.15, 0.2) is 0 Å². The Kier molecular flexibility index (Phi) is 7.15. The second kappa shape index (κ2) is 9.12. The average Bonchev–Trinajstić information content (AvgIpc) is 2.63. The van der Waals surface area contributed by atoms with Gasteiger partial charge in [-0.25, -0.2) is 0 Å². The number of benzene rings is 3. The van der Waals surface area contributed by atoms with E-state index in [1.165, 1.54) is 0 Å². The molecule has 2 nitrogen and oxygen atoms in total. The monoisotopic (exact) mass is 393 g/mol. The van der Waals surface area contributed by atoms with E-state index in [1.807, 2.05) is 60.7 Å². The van der Waals surface area contributed by atoms with Gasteiger partial charge >= 0.3 is 0 Å². The van der Waals surface area contributed by atoms with Gasteiger partial charge in [0.05, 0.1) is 10.0 Å². The molecule has 0 atom stereocenters. The first-order valence-corrected chi connectivity index (χ1v) is 8.38. The predicted octanol–water partition coefficient (Wildman–Crippen LogP) is 6.12. The van der Waals surface area contributed by atoms with Gasteiger partial charge in [0.25, 0.3) is 0 Å². The third-order valence-electron chi connectivity index (χ3n) is 3.75. The molecule has 0 amide bonds. The number of hydrogen-bond acceptors (Lipinski definition) is 2. The van der Waals surface area contributed by atoms with E-state index < -0.39 is 0 Å². The Morgan fingerprint density at radius 2 is 1.56 bits per heavy atom. The van der Waals surface area contributed by atoms with Gasteiger partial charge < -0.3 is 10.5 Å². The molecular weight excluding hydrogens is 377 g/mol. The molecule has 0 aliphatic rings. The summed E-state index contributed by atoms with van der Waals surface area (Å²) in [6.07, 6.45) is 0. The van der Waals surface area contributed by atoms with Crippen molar-refractivity contribution >= 4 is 35.6 Å². The van der Waals surface area contributed by atoms with E-state index in [-0.39, 0.29) is 12.4 Å². The standard InChI is InChI=1S/C20H17Cl2NO.ClH/c21-18-9-7-16(11-19(18)22)17-8-6-15(12-23)10-20(17)24-13-14-4-2-1-3-5-14;/h1-11H,12-13,23H2;1H. The largest absolute Gasteiger partial charge is 0.488 e. The molecule has 0 unspecified atom stereocenters. The van der Waals surface area contributed by atoms with E-state index >= 15 is 0 Å². The molecule has 130 valence electrons. The Balaban J connectivity index is 0.00000225. The maximum absolute atomic E-state index is 6.15. The summed E-state index contributed by atoms with van der Waals surface area (Å²) >= 11 is 12.2. The fourth-order valence-electron chi connectivity index (χ4n) is 2.45. The van der Waals surface area contributed by atoms with Crippen LogP contribution in [0.4, 0.5) is 0 Å². The minimum atomic E-state index is 0. The summed E-state index contributed by atoms with van der Waals surface area (Å²) in [6.45, 7) is 0.951. The molecule has 25 heavy (non-hydrogen) atoms. The summed E-state index contributed by atoms with van der Waals surface area (Å²) in [5.74, 6) is 0.778. The SMILES string of the molecule is Cl.NCc1ccc(-c2ccc(Cl)c(Cl)c2)c(OCc2ccccc2)c1. The number of rotatable bonds is 5.